The molecule has 4 heteroatoms. The zero-order chi connectivity index (χ0) is 9.26. The fraction of sp³-hybridized carbons (Fsp3) is 0.778. The van der Waals surface area contributed by atoms with Gasteiger partial charge in [-0.2, -0.15) is 0 Å². The first-order chi connectivity index (χ1) is 6.25. The van der Waals surface area contributed by atoms with E-state index in [9.17, 15) is 0 Å². The van der Waals surface area contributed by atoms with Gasteiger partial charge in [0.2, 0.25) is 0 Å². The van der Waals surface area contributed by atoms with Crippen molar-refractivity contribution >= 4 is 5.82 Å². The molecule has 13 heavy (non-hydrogen) atoms. The number of nitrogens with zero attached hydrogens (tertiary/aromatic N) is 3. The van der Waals surface area contributed by atoms with Gasteiger partial charge in [0.25, 0.3) is 0 Å². The molecule has 0 aromatic carbocycles. The fourth-order valence-electron chi connectivity index (χ4n) is 2.11. The molecule has 2 unspecified atom stereocenters. The van der Waals surface area contributed by atoms with Crippen LogP contribution in [0.3, 0.4) is 0 Å². The van der Waals surface area contributed by atoms with Gasteiger partial charge in [-0.25, -0.2) is 4.68 Å². The van der Waals surface area contributed by atoms with Crippen LogP contribution < -0.4 is 5.73 Å². The standard InChI is InChI=1S/C9H16N4/c1-7-3-2-4-8(5-7)13-6-9(10)11-12-13/h6-8H,2-5,10H2,1H3. The largest absolute Gasteiger partial charge is 0.381 e. The van der Waals surface area contributed by atoms with E-state index in [0.717, 1.165) is 5.92 Å². The summed E-state index contributed by atoms with van der Waals surface area (Å²) in [5, 5.41) is 7.82. The molecule has 72 valence electrons. The summed E-state index contributed by atoms with van der Waals surface area (Å²) < 4.78 is 1.92. The Kier molecular flexibility index (Phi) is 2.20. The van der Waals surface area contributed by atoms with Crippen molar-refractivity contribution in [1.29, 1.82) is 0 Å². The average molecular weight is 180 g/mol. The van der Waals surface area contributed by atoms with Gasteiger partial charge in [0.15, 0.2) is 5.82 Å². The maximum absolute atomic E-state index is 5.53. The summed E-state index contributed by atoms with van der Waals surface area (Å²) in [5.41, 5.74) is 5.53. The summed E-state index contributed by atoms with van der Waals surface area (Å²) in [6.07, 6.45) is 6.91. The SMILES string of the molecule is CC1CCCC(n2cc(N)nn2)C1. The molecule has 0 radical (unpaired) electrons. The van der Waals surface area contributed by atoms with E-state index in [1.165, 1.54) is 25.7 Å². The highest BCUT2D eigenvalue weighted by Gasteiger charge is 2.20. The third-order valence-corrected chi connectivity index (χ3v) is 2.81. The highest BCUT2D eigenvalue weighted by Crippen LogP contribution is 2.31. The molecule has 2 rings (SSSR count). The van der Waals surface area contributed by atoms with Crippen molar-refractivity contribution in [1.82, 2.24) is 15.0 Å². The first kappa shape index (κ1) is 8.53. The van der Waals surface area contributed by atoms with E-state index in [-0.39, 0.29) is 0 Å². The van der Waals surface area contributed by atoms with E-state index in [1.807, 2.05) is 10.9 Å². The molecule has 0 spiro atoms. The minimum Gasteiger partial charge on any atom is -0.381 e. The number of aromatic nitrogens is 3. The maximum Gasteiger partial charge on any atom is 0.165 e. The second kappa shape index (κ2) is 3.36. The average Bonchev–Trinajstić information content (AvgIpc) is 2.52. The van der Waals surface area contributed by atoms with Gasteiger partial charge in [-0.15, -0.1) is 5.10 Å². The van der Waals surface area contributed by atoms with Crippen LogP contribution in [0.4, 0.5) is 5.82 Å². The Morgan fingerprint density at radius 2 is 2.38 bits per heavy atom. The minimum absolute atomic E-state index is 0.522. The quantitative estimate of drug-likeness (QED) is 0.714. The molecule has 1 heterocycles. The van der Waals surface area contributed by atoms with E-state index in [4.69, 9.17) is 5.73 Å². The van der Waals surface area contributed by atoms with Crippen LogP contribution in [0.5, 0.6) is 0 Å². The van der Waals surface area contributed by atoms with E-state index < -0.39 is 0 Å². The molecular formula is C9H16N4. The zero-order valence-corrected chi connectivity index (χ0v) is 7.98. The summed E-state index contributed by atoms with van der Waals surface area (Å²) in [7, 11) is 0. The molecule has 4 nitrogen and oxygen atoms in total. The Labute approximate surface area is 78.1 Å². The molecule has 1 saturated carbocycles. The first-order valence-electron chi connectivity index (χ1n) is 4.93. The molecule has 1 aliphatic rings. The van der Waals surface area contributed by atoms with Crippen LogP contribution in [0.1, 0.15) is 38.6 Å². The summed E-state index contributed by atoms with van der Waals surface area (Å²) in [6, 6.07) is 0.522. The predicted molar refractivity (Wildman–Crippen MR) is 51.1 cm³/mol. The second-order valence-corrected chi connectivity index (χ2v) is 4.05. The lowest BCUT2D eigenvalue weighted by Crippen LogP contribution is -2.18. The Bertz CT molecular complexity index is 281. The Balaban J connectivity index is 2.08. The molecular weight excluding hydrogens is 164 g/mol. The van der Waals surface area contributed by atoms with Gasteiger partial charge in [0.05, 0.1) is 12.2 Å². The van der Waals surface area contributed by atoms with Gasteiger partial charge in [-0.1, -0.05) is 25.0 Å². The van der Waals surface area contributed by atoms with E-state index in [1.54, 1.807) is 0 Å². The third kappa shape index (κ3) is 1.82. The van der Waals surface area contributed by atoms with Gasteiger partial charge in [-0.3, -0.25) is 0 Å². The molecule has 0 saturated heterocycles. The molecule has 2 N–H and O–H groups in total. The highest BCUT2D eigenvalue weighted by atomic mass is 15.4. The lowest BCUT2D eigenvalue weighted by atomic mass is 9.87. The van der Waals surface area contributed by atoms with Crippen LogP contribution in [-0.4, -0.2) is 15.0 Å². The zero-order valence-electron chi connectivity index (χ0n) is 7.98. The number of hydrogen-bond donors (Lipinski definition) is 1. The van der Waals surface area contributed by atoms with Crippen LogP contribution >= 0.6 is 0 Å². The summed E-state index contributed by atoms with van der Waals surface area (Å²) in [4.78, 5) is 0. The van der Waals surface area contributed by atoms with Crippen LogP contribution in [-0.2, 0) is 0 Å². The van der Waals surface area contributed by atoms with Crippen molar-refractivity contribution in [3.8, 4) is 0 Å². The predicted octanol–water partition coefficient (Wildman–Crippen LogP) is 1.61. The first-order valence-corrected chi connectivity index (χ1v) is 4.93. The van der Waals surface area contributed by atoms with Crippen molar-refractivity contribution in [2.24, 2.45) is 5.92 Å². The Morgan fingerprint density at radius 3 is 3.00 bits per heavy atom. The van der Waals surface area contributed by atoms with E-state index in [0.29, 0.717) is 11.9 Å². The molecule has 1 aliphatic carbocycles. The lowest BCUT2D eigenvalue weighted by molar-refractivity contribution is 0.263. The topological polar surface area (TPSA) is 56.7 Å². The van der Waals surface area contributed by atoms with E-state index in [2.05, 4.69) is 17.2 Å². The molecule has 0 bridgehead atoms. The smallest absolute Gasteiger partial charge is 0.165 e. The van der Waals surface area contributed by atoms with Gasteiger partial charge < -0.3 is 5.73 Å². The van der Waals surface area contributed by atoms with Crippen molar-refractivity contribution in [3.05, 3.63) is 6.20 Å². The van der Waals surface area contributed by atoms with Gasteiger partial charge in [-0.05, 0) is 18.8 Å². The Hall–Kier alpha value is -1.06. The molecule has 0 aliphatic heterocycles. The van der Waals surface area contributed by atoms with Crippen molar-refractivity contribution < 1.29 is 0 Å². The number of hydrogen-bond acceptors (Lipinski definition) is 3. The highest BCUT2D eigenvalue weighted by molar-refractivity contribution is 5.20. The van der Waals surface area contributed by atoms with Crippen LogP contribution in [0.25, 0.3) is 0 Å². The van der Waals surface area contributed by atoms with Gasteiger partial charge in [0.1, 0.15) is 0 Å². The lowest BCUT2D eigenvalue weighted by Gasteiger charge is -2.26. The molecule has 2 atom stereocenters. The number of anilines is 1. The van der Waals surface area contributed by atoms with Gasteiger partial charge >= 0.3 is 0 Å². The van der Waals surface area contributed by atoms with Crippen LogP contribution in [0.2, 0.25) is 0 Å². The van der Waals surface area contributed by atoms with Crippen molar-refractivity contribution in [3.63, 3.8) is 0 Å². The second-order valence-electron chi connectivity index (χ2n) is 4.05. The fourth-order valence-corrected chi connectivity index (χ4v) is 2.11. The number of rotatable bonds is 1. The molecule has 1 fully saturated rings. The Morgan fingerprint density at radius 1 is 1.54 bits per heavy atom. The summed E-state index contributed by atoms with van der Waals surface area (Å²) in [6.45, 7) is 2.30. The third-order valence-electron chi connectivity index (χ3n) is 2.81. The number of nitrogen functional groups attached to an aromatic ring is 1. The maximum atomic E-state index is 5.53. The number of nitrogens with two attached hydrogens (primary N) is 1. The van der Waals surface area contributed by atoms with E-state index >= 15 is 0 Å². The monoisotopic (exact) mass is 180 g/mol. The van der Waals surface area contributed by atoms with Crippen LogP contribution in [0.15, 0.2) is 6.20 Å². The minimum atomic E-state index is 0.522. The summed E-state index contributed by atoms with van der Waals surface area (Å²) in [5.74, 6) is 1.34. The van der Waals surface area contributed by atoms with Crippen molar-refractivity contribution in [2.75, 3.05) is 5.73 Å². The van der Waals surface area contributed by atoms with Crippen LogP contribution in [0, 0.1) is 5.92 Å². The molecule has 1 aromatic heterocycles. The summed E-state index contributed by atoms with van der Waals surface area (Å²) >= 11 is 0. The van der Waals surface area contributed by atoms with Crippen molar-refractivity contribution in [2.45, 2.75) is 38.6 Å². The van der Waals surface area contributed by atoms with Gasteiger partial charge in [0, 0.05) is 0 Å². The molecule has 1 aromatic rings. The molecule has 0 amide bonds. The normalized spacial score (nSPS) is 29.0.